The molecule has 3 nitrogen and oxygen atoms in total. The smallest absolute Gasteiger partial charge is 0.112 e. The van der Waals surface area contributed by atoms with Gasteiger partial charge in [-0.25, -0.2) is 4.98 Å². The molecule has 20 heavy (non-hydrogen) atoms. The maximum atomic E-state index is 5.05. The van der Waals surface area contributed by atoms with Gasteiger partial charge in [0, 0.05) is 37.7 Å². The zero-order chi connectivity index (χ0) is 13.4. The van der Waals surface area contributed by atoms with Gasteiger partial charge >= 0.3 is 0 Å². The van der Waals surface area contributed by atoms with Crippen LogP contribution in [0.2, 0.25) is 0 Å². The minimum atomic E-state index is 0.751. The van der Waals surface area contributed by atoms with Gasteiger partial charge in [-0.05, 0) is 31.6 Å². The second kappa shape index (κ2) is 5.51. The lowest BCUT2D eigenvalue weighted by Gasteiger charge is -2.18. The average Bonchev–Trinajstić information content (AvgIpc) is 3.01. The summed E-state index contributed by atoms with van der Waals surface area (Å²) in [5.74, 6) is 3.25. The van der Waals surface area contributed by atoms with Gasteiger partial charge in [0.25, 0.3) is 0 Å². The van der Waals surface area contributed by atoms with Gasteiger partial charge in [-0.3, -0.25) is 0 Å². The number of nitrogens with one attached hydrogen (secondary N) is 1. The predicted octanol–water partition coefficient (Wildman–Crippen LogP) is 3.38. The molecule has 1 aliphatic heterocycles. The van der Waals surface area contributed by atoms with Crippen molar-refractivity contribution >= 4 is 0 Å². The molecule has 0 saturated heterocycles. The monoisotopic (exact) mass is 273 g/mol. The standard InChI is InChI=1S/C17H27N3/c1-2-6-14(5-1)17-19-15-12-18-10-9-16(15)20(17)11-3-4-13-7-8-13/h13-14,18H,1-12H2. The maximum absolute atomic E-state index is 5.05. The van der Waals surface area contributed by atoms with Crippen molar-refractivity contribution in [1.29, 1.82) is 0 Å². The Balaban J connectivity index is 1.56. The van der Waals surface area contributed by atoms with Crippen molar-refractivity contribution in [2.24, 2.45) is 5.92 Å². The minimum absolute atomic E-state index is 0.751. The molecule has 1 N–H and O–H groups in total. The molecule has 0 radical (unpaired) electrons. The van der Waals surface area contributed by atoms with E-state index >= 15 is 0 Å². The second-order valence-corrected chi connectivity index (χ2v) is 7.01. The fourth-order valence-electron chi connectivity index (χ4n) is 4.08. The van der Waals surface area contributed by atoms with Crippen LogP contribution in [0.25, 0.3) is 0 Å². The van der Waals surface area contributed by atoms with E-state index in [1.807, 2.05) is 0 Å². The quantitative estimate of drug-likeness (QED) is 0.891. The van der Waals surface area contributed by atoms with Gasteiger partial charge in [-0.15, -0.1) is 0 Å². The fourth-order valence-corrected chi connectivity index (χ4v) is 4.08. The average molecular weight is 273 g/mol. The summed E-state index contributed by atoms with van der Waals surface area (Å²) in [7, 11) is 0. The number of hydrogen-bond donors (Lipinski definition) is 1. The Kier molecular flexibility index (Phi) is 3.55. The van der Waals surface area contributed by atoms with Crippen molar-refractivity contribution in [1.82, 2.24) is 14.9 Å². The summed E-state index contributed by atoms with van der Waals surface area (Å²) in [6, 6.07) is 0. The first-order valence-electron chi connectivity index (χ1n) is 8.70. The first-order chi connectivity index (χ1) is 9.92. The number of hydrogen-bond acceptors (Lipinski definition) is 2. The highest BCUT2D eigenvalue weighted by Crippen LogP contribution is 2.36. The van der Waals surface area contributed by atoms with Crippen molar-refractivity contribution in [2.75, 3.05) is 6.54 Å². The first-order valence-corrected chi connectivity index (χ1v) is 8.70. The van der Waals surface area contributed by atoms with E-state index in [-0.39, 0.29) is 0 Å². The van der Waals surface area contributed by atoms with E-state index in [0.717, 1.165) is 24.9 Å². The SMILES string of the molecule is C1CCC(c2nc3c(n2CCCC2CC2)CCNC3)C1. The molecule has 1 aromatic rings. The summed E-state index contributed by atoms with van der Waals surface area (Å²) in [5, 5.41) is 3.48. The van der Waals surface area contributed by atoms with Crippen molar-refractivity contribution in [3.05, 3.63) is 17.2 Å². The molecule has 2 saturated carbocycles. The Morgan fingerprint density at radius 2 is 2.00 bits per heavy atom. The predicted molar refractivity (Wildman–Crippen MR) is 80.8 cm³/mol. The Hall–Kier alpha value is -0.830. The Morgan fingerprint density at radius 1 is 1.15 bits per heavy atom. The number of aromatic nitrogens is 2. The van der Waals surface area contributed by atoms with E-state index in [1.165, 1.54) is 75.9 Å². The van der Waals surface area contributed by atoms with Gasteiger partial charge in [0.15, 0.2) is 0 Å². The number of nitrogens with zero attached hydrogens (tertiary/aromatic N) is 2. The molecule has 0 unspecified atom stereocenters. The normalized spacial score (nSPS) is 23.2. The summed E-state index contributed by atoms with van der Waals surface area (Å²) in [6.07, 6.45) is 12.5. The molecule has 0 bridgehead atoms. The third-order valence-corrected chi connectivity index (χ3v) is 5.43. The van der Waals surface area contributed by atoms with Crippen LogP contribution in [-0.2, 0) is 19.5 Å². The van der Waals surface area contributed by atoms with Crippen LogP contribution < -0.4 is 5.32 Å². The molecule has 3 heteroatoms. The Bertz CT molecular complexity index is 467. The van der Waals surface area contributed by atoms with Crippen molar-refractivity contribution in [3.8, 4) is 0 Å². The van der Waals surface area contributed by atoms with Crippen molar-refractivity contribution in [3.63, 3.8) is 0 Å². The third kappa shape index (κ3) is 2.52. The molecule has 1 aromatic heterocycles. The number of fused-ring (bicyclic) bond motifs is 1. The molecule has 0 aromatic carbocycles. The lowest BCUT2D eigenvalue weighted by molar-refractivity contribution is 0.512. The van der Waals surface area contributed by atoms with Gasteiger partial charge in [-0.1, -0.05) is 25.7 Å². The topological polar surface area (TPSA) is 29.9 Å². The van der Waals surface area contributed by atoms with Gasteiger partial charge in [0.2, 0.25) is 0 Å². The Labute approximate surface area is 122 Å². The second-order valence-electron chi connectivity index (χ2n) is 7.01. The van der Waals surface area contributed by atoms with Crippen LogP contribution in [0, 0.1) is 5.92 Å². The molecule has 2 aliphatic carbocycles. The number of imidazole rings is 1. The lowest BCUT2D eigenvalue weighted by atomic mass is 10.1. The van der Waals surface area contributed by atoms with E-state index in [2.05, 4.69) is 9.88 Å². The Morgan fingerprint density at radius 3 is 2.80 bits per heavy atom. The summed E-state index contributed by atoms with van der Waals surface area (Å²) >= 11 is 0. The van der Waals surface area contributed by atoms with E-state index in [0.29, 0.717) is 0 Å². The van der Waals surface area contributed by atoms with Gasteiger partial charge in [-0.2, -0.15) is 0 Å². The largest absolute Gasteiger partial charge is 0.331 e. The van der Waals surface area contributed by atoms with E-state index in [1.54, 1.807) is 5.69 Å². The number of rotatable bonds is 5. The van der Waals surface area contributed by atoms with Crippen LogP contribution in [0.4, 0.5) is 0 Å². The fraction of sp³-hybridized carbons (Fsp3) is 0.824. The molecule has 2 fully saturated rings. The summed E-state index contributed by atoms with van der Waals surface area (Å²) in [6.45, 7) is 3.35. The van der Waals surface area contributed by atoms with Crippen molar-refractivity contribution in [2.45, 2.75) is 76.8 Å². The molecule has 0 atom stereocenters. The summed E-state index contributed by atoms with van der Waals surface area (Å²) in [5.41, 5.74) is 2.91. The molecular weight excluding hydrogens is 246 g/mol. The zero-order valence-electron chi connectivity index (χ0n) is 12.5. The molecule has 0 amide bonds. The highest BCUT2D eigenvalue weighted by molar-refractivity contribution is 5.22. The van der Waals surface area contributed by atoms with Crippen LogP contribution >= 0.6 is 0 Å². The van der Waals surface area contributed by atoms with Crippen LogP contribution in [-0.4, -0.2) is 16.1 Å². The molecule has 0 spiro atoms. The highest BCUT2D eigenvalue weighted by atomic mass is 15.1. The van der Waals surface area contributed by atoms with E-state index in [4.69, 9.17) is 4.98 Å². The van der Waals surface area contributed by atoms with Crippen LogP contribution in [0.3, 0.4) is 0 Å². The molecule has 3 aliphatic rings. The van der Waals surface area contributed by atoms with Crippen LogP contribution in [0.1, 0.15) is 74.5 Å². The van der Waals surface area contributed by atoms with Gasteiger partial charge < -0.3 is 9.88 Å². The lowest BCUT2D eigenvalue weighted by Crippen LogP contribution is -2.25. The van der Waals surface area contributed by atoms with Gasteiger partial charge in [0.05, 0.1) is 5.69 Å². The first kappa shape index (κ1) is 12.9. The molecule has 2 heterocycles. The zero-order valence-corrected chi connectivity index (χ0v) is 12.5. The molecule has 110 valence electrons. The summed E-state index contributed by atoms with van der Waals surface area (Å²) < 4.78 is 2.63. The molecule has 4 rings (SSSR count). The van der Waals surface area contributed by atoms with E-state index in [9.17, 15) is 0 Å². The van der Waals surface area contributed by atoms with Crippen LogP contribution in [0.15, 0.2) is 0 Å². The van der Waals surface area contributed by atoms with E-state index < -0.39 is 0 Å². The van der Waals surface area contributed by atoms with Gasteiger partial charge in [0.1, 0.15) is 5.82 Å². The molecular formula is C17H27N3. The van der Waals surface area contributed by atoms with Crippen LogP contribution in [0.5, 0.6) is 0 Å². The summed E-state index contributed by atoms with van der Waals surface area (Å²) in [4.78, 5) is 5.05. The van der Waals surface area contributed by atoms with Crippen molar-refractivity contribution < 1.29 is 0 Å². The maximum Gasteiger partial charge on any atom is 0.112 e. The minimum Gasteiger partial charge on any atom is -0.331 e. The highest BCUT2D eigenvalue weighted by Gasteiger charge is 2.27. The third-order valence-electron chi connectivity index (χ3n) is 5.43.